The molecule has 1 unspecified atom stereocenters. The molecule has 1 rings (SSSR count). The molecule has 0 aromatic heterocycles. The molecule has 3 N–H and O–H groups in total. The topological polar surface area (TPSA) is 49.9 Å². The van der Waals surface area contributed by atoms with Crippen molar-refractivity contribution in [2.24, 2.45) is 17.6 Å². The van der Waals surface area contributed by atoms with Gasteiger partial charge in [0.2, 0.25) is 0 Å². The molecular weight excluding hydrogens is 136 g/mol. The second-order valence-electron chi connectivity index (χ2n) is 3.54. The van der Waals surface area contributed by atoms with Gasteiger partial charge in [-0.2, -0.15) is 0 Å². The molecule has 0 spiro atoms. The number of amidine groups is 1. The lowest BCUT2D eigenvalue weighted by atomic mass is 9.96. The maximum atomic E-state index is 7.38. The highest BCUT2D eigenvalue weighted by Crippen LogP contribution is 2.39. The van der Waals surface area contributed by atoms with Crippen LogP contribution in [0.4, 0.5) is 0 Å². The third kappa shape index (κ3) is 2.52. The lowest BCUT2D eigenvalue weighted by Crippen LogP contribution is -2.24. The number of nitrogens with one attached hydrogen (secondary N) is 1. The molecule has 0 saturated heterocycles. The van der Waals surface area contributed by atoms with Gasteiger partial charge in [0.15, 0.2) is 0 Å². The fourth-order valence-corrected chi connectivity index (χ4v) is 1.57. The van der Waals surface area contributed by atoms with E-state index in [1.807, 2.05) is 0 Å². The minimum Gasteiger partial charge on any atom is -0.387 e. The van der Waals surface area contributed by atoms with Gasteiger partial charge in [0, 0.05) is 5.92 Å². The quantitative estimate of drug-likeness (QED) is 0.462. The van der Waals surface area contributed by atoms with Crippen molar-refractivity contribution in [3.05, 3.63) is 0 Å². The summed E-state index contributed by atoms with van der Waals surface area (Å²) in [5.41, 5.74) is 5.50. The molecule has 1 fully saturated rings. The highest BCUT2D eigenvalue weighted by molar-refractivity contribution is 5.80. The minimum atomic E-state index is 0.412. The van der Waals surface area contributed by atoms with Crippen LogP contribution in [0.15, 0.2) is 0 Å². The average Bonchev–Trinajstić information content (AvgIpc) is 2.71. The molecule has 0 aromatic carbocycles. The molecule has 1 aliphatic rings. The molecule has 0 aliphatic heterocycles. The zero-order valence-electron chi connectivity index (χ0n) is 7.27. The first kappa shape index (κ1) is 8.57. The fourth-order valence-electron chi connectivity index (χ4n) is 1.57. The molecule has 1 saturated carbocycles. The third-order valence-electron chi connectivity index (χ3n) is 2.46. The van der Waals surface area contributed by atoms with Gasteiger partial charge in [0.05, 0.1) is 5.84 Å². The van der Waals surface area contributed by atoms with Crippen molar-refractivity contribution in [1.82, 2.24) is 0 Å². The molecule has 0 aromatic rings. The first-order chi connectivity index (χ1) is 5.25. The Kier molecular flexibility index (Phi) is 2.92. The summed E-state index contributed by atoms with van der Waals surface area (Å²) >= 11 is 0. The van der Waals surface area contributed by atoms with Gasteiger partial charge in [-0.15, -0.1) is 0 Å². The number of rotatable bonds is 5. The molecule has 0 heterocycles. The Morgan fingerprint density at radius 1 is 1.64 bits per heavy atom. The van der Waals surface area contributed by atoms with Gasteiger partial charge in [0.25, 0.3) is 0 Å². The van der Waals surface area contributed by atoms with Gasteiger partial charge in [-0.25, -0.2) is 0 Å². The summed E-state index contributed by atoms with van der Waals surface area (Å²) < 4.78 is 0. The van der Waals surface area contributed by atoms with Crippen LogP contribution in [0, 0.1) is 17.2 Å². The number of unbranched alkanes of at least 4 members (excludes halogenated alkanes) is 1. The second-order valence-corrected chi connectivity index (χ2v) is 3.54. The molecule has 2 heteroatoms. The van der Waals surface area contributed by atoms with E-state index in [4.69, 9.17) is 11.1 Å². The minimum absolute atomic E-state index is 0.412. The zero-order valence-corrected chi connectivity index (χ0v) is 7.27. The van der Waals surface area contributed by atoms with E-state index in [-0.39, 0.29) is 0 Å². The molecular formula is C9H18N2. The van der Waals surface area contributed by atoms with Crippen molar-refractivity contribution in [2.45, 2.75) is 39.0 Å². The largest absolute Gasteiger partial charge is 0.387 e. The van der Waals surface area contributed by atoms with Crippen LogP contribution in [-0.2, 0) is 0 Å². The Morgan fingerprint density at radius 2 is 2.27 bits per heavy atom. The van der Waals surface area contributed by atoms with E-state index in [9.17, 15) is 0 Å². The number of hydrogen-bond acceptors (Lipinski definition) is 1. The maximum absolute atomic E-state index is 7.38. The standard InChI is InChI=1S/C9H18N2/c1-2-3-4-8(9(10)11)7-5-6-7/h7-8H,2-6H2,1H3,(H3,10,11). The molecule has 0 bridgehead atoms. The van der Waals surface area contributed by atoms with Crippen molar-refractivity contribution >= 4 is 5.84 Å². The van der Waals surface area contributed by atoms with E-state index in [2.05, 4.69) is 6.92 Å². The first-order valence-electron chi connectivity index (χ1n) is 4.59. The van der Waals surface area contributed by atoms with Crippen molar-refractivity contribution in [2.75, 3.05) is 0 Å². The summed E-state index contributed by atoms with van der Waals surface area (Å²) in [4.78, 5) is 0. The Balaban J connectivity index is 2.26. The number of hydrogen-bond donors (Lipinski definition) is 2. The van der Waals surface area contributed by atoms with Gasteiger partial charge in [-0.05, 0) is 25.2 Å². The predicted octanol–water partition coefficient (Wildman–Crippen LogP) is 2.14. The van der Waals surface area contributed by atoms with E-state index in [0.717, 1.165) is 12.3 Å². The van der Waals surface area contributed by atoms with Gasteiger partial charge in [0.1, 0.15) is 0 Å². The molecule has 0 amide bonds. The van der Waals surface area contributed by atoms with Crippen LogP contribution in [-0.4, -0.2) is 5.84 Å². The average molecular weight is 154 g/mol. The van der Waals surface area contributed by atoms with Crippen LogP contribution < -0.4 is 5.73 Å². The van der Waals surface area contributed by atoms with E-state index in [1.54, 1.807) is 0 Å². The SMILES string of the molecule is CCCCC(C(=N)N)C1CC1. The van der Waals surface area contributed by atoms with Crippen molar-refractivity contribution in [3.63, 3.8) is 0 Å². The van der Waals surface area contributed by atoms with E-state index in [0.29, 0.717) is 11.8 Å². The lowest BCUT2D eigenvalue weighted by Gasteiger charge is -2.12. The Morgan fingerprint density at radius 3 is 2.64 bits per heavy atom. The highest BCUT2D eigenvalue weighted by atomic mass is 14.7. The Hall–Kier alpha value is -0.530. The van der Waals surface area contributed by atoms with E-state index < -0.39 is 0 Å². The van der Waals surface area contributed by atoms with E-state index in [1.165, 1.54) is 25.7 Å². The molecule has 1 atom stereocenters. The normalized spacial score (nSPS) is 19.7. The predicted molar refractivity (Wildman–Crippen MR) is 47.7 cm³/mol. The van der Waals surface area contributed by atoms with Crippen LogP contribution >= 0.6 is 0 Å². The summed E-state index contributed by atoms with van der Waals surface area (Å²) in [6, 6.07) is 0. The van der Waals surface area contributed by atoms with Crippen molar-refractivity contribution in [3.8, 4) is 0 Å². The van der Waals surface area contributed by atoms with Crippen molar-refractivity contribution in [1.29, 1.82) is 5.41 Å². The molecule has 64 valence electrons. The smallest absolute Gasteiger partial charge is 0.0939 e. The zero-order chi connectivity index (χ0) is 8.27. The second kappa shape index (κ2) is 3.74. The summed E-state index contributed by atoms with van der Waals surface area (Å²) in [5, 5.41) is 7.38. The number of nitrogens with two attached hydrogens (primary N) is 1. The molecule has 1 aliphatic carbocycles. The van der Waals surface area contributed by atoms with Crippen molar-refractivity contribution < 1.29 is 0 Å². The monoisotopic (exact) mass is 154 g/mol. The van der Waals surface area contributed by atoms with Crippen LogP contribution in [0.5, 0.6) is 0 Å². The Bertz CT molecular complexity index is 138. The van der Waals surface area contributed by atoms with Crippen LogP contribution in [0.1, 0.15) is 39.0 Å². The summed E-state index contributed by atoms with van der Waals surface area (Å²) in [6.45, 7) is 2.18. The third-order valence-corrected chi connectivity index (χ3v) is 2.46. The fraction of sp³-hybridized carbons (Fsp3) is 0.889. The maximum Gasteiger partial charge on any atom is 0.0939 e. The van der Waals surface area contributed by atoms with Gasteiger partial charge < -0.3 is 5.73 Å². The molecule has 2 nitrogen and oxygen atoms in total. The van der Waals surface area contributed by atoms with Gasteiger partial charge >= 0.3 is 0 Å². The molecule has 0 radical (unpaired) electrons. The summed E-state index contributed by atoms with van der Waals surface area (Å²) in [7, 11) is 0. The summed E-state index contributed by atoms with van der Waals surface area (Å²) in [5.74, 6) is 1.59. The van der Waals surface area contributed by atoms with E-state index >= 15 is 0 Å². The van der Waals surface area contributed by atoms with Gasteiger partial charge in [-0.3, -0.25) is 5.41 Å². The lowest BCUT2D eigenvalue weighted by molar-refractivity contribution is 0.522. The first-order valence-corrected chi connectivity index (χ1v) is 4.59. The van der Waals surface area contributed by atoms with Gasteiger partial charge in [-0.1, -0.05) is 19.8 Å². The van der Waals surface area contributed by atoms with Crippen LogP contribution in [0.25, 0.3) is 0 Å². The Labute approximate surface area is 68.7 Å². The van der Waals surface area contributed by atoms with Crippen LogP contribution in [0.3, 0.4) is 0 Å². The molecule has 11 heavy (non-hydrogen) atoms. The highest BCUT2D eigenvalue weighted by Gasteiger charge is 2.32. The van der Waals surface area contributed by atoms with Crippen LogP contribution in [0.2, 0.25) is 0 Å². The summed E-state index contributed by atoms with van der Waals surface area (Å²) in [6.07, 6.45) is 6.18.